The van der Waals surface area contributed by atoms with Crippen molar-refractivity contribution in [2.24, 2.45) is 0 Å². The van der Waals surface area contributed by atoms with Crippen molar-refractivity contribution in [2.75, 3.05) is 26.7 Å². The van der Waals surface area contributed by atoms with Crippen molar-refractivity contribution in [1.82, 2.24) is 19.6 Å². The SMILES string of the molecule is COc1ccc(C(=O)O)c(C2CCCn3c2nc(C)c(CCN2CCC(c4noc5cc(F)ccc45)CC2)c3=O)c1. The predicted octanol–water partition coefficient (Wildman–Crippen LogP) is 4.89. The van der Waals surface area contributed by atoms with E-state index in [1.165, 1.54) is 12.1 Å². The highest BCUT2D eigenvalue weighted by Gasteiger charge is 2.30. The van der Waals surface area contributed by atoms with Gasteiger partial charge in [0.1, 0.15) is 17.4 Å². The van der Waals surface area contributed by atoms with Crippen LogP contribution in [0.1, 0.15) is 76.2 Å². The van der Waals surface area contributed by atoms with E-state index in [1.54, 1.807) is 35.9 Å². The minimum absolute atomic E-state index is 0.0341. The third-order valence-corrected chi connectivity index (χ3v) is 8.66. The summed E-state index contributed by atoms with van der Waals surface area (Å²) in [6.07, 6.45) is 3.89. The summed E-state index contributed by atoms with van der Waals surface area (Å²) in [6, 6.07) is 9.51. The molecule has 9 nitrogen and oxygen atoms in total. The first-order chi connectivity index (χ1) is 19.8. The second kappa shape index (κ2) is 11.1. The molecule has 10 heteroatoms. The van der Waals surface area contributed by atoms with Gasteiger partial charge in [-0.3, -0.25) is 9.36 Å². The summed E-state index contributed by atoms with van der Waals surface area (Å²) in [4.78, 5) is 33.0. The highest BCUT2D eigenvalue weighted by Crippen LogP contribution is 2.36. The zero-order chi connectivity index (χ0) is 28.7. The van der Waals surface area contributed by atoms with Crippen LogP contribution in [0.5, 0.6) is 5.75 Å². The van der Waals surface area contributed by atoms with Gasteiger partial charge in [-0.1, -0.05) is 5.16 Å². The van der Waals surface area contributed by atoms with E-state index in [0.717, 1.165) is 50.0 Å². The molecule has 0 spiro atoms. The molecule has 214 valence electrons. The quantitative estimate of drug-likeness (QED) is 0.340. The second-order valence-corrected chi connectivity index (χ2v) is 11.0. The molecule has 4 aromatic rings. The van der Waals surface area contributed by atoms with E-state index >= 15 is 0 Å². The summed E-state index contributed by atoms with van der Waals surface area (Å²) in [5, 5.41) is 14.9. The van der Waals surface area contributed by atoms with Crippen LogP contribution in [0, 0.1) is 12.7 Å². The van der Waals surface area contributed by atoms with Crippen LogP contribution < -0.4 is 10.3 Å². The first-order valence-electron chi connectivity index (χ1n) is 14.1. The molecule has 1 saturated heterocycles. The number of halogens is 1. The van der Waals surface area contributed by atoms with E-state index in [-0.39, 0.29) is 28.8 Å². The standard InChI is InChI=1S/C31H33FN4O5/c1-18-22(11-15-35-13-9-19(10-14-35)28-25-7-5-20(32)16-27(25)41-34-28)30(37)36-12-3-4-23(29(36)33-18)26-17-21(40-2)6-8-24(26)31(38)39/h5-8,16-17,19,23H,3-4,9-15H2,1-2H3,(H,38,39). The number of likely N-dealkylation sites (tertiary alicyclic amines) is 1. The molecule has 2 aromatic carbocycles. The number of nitrogens with zero attached hydrogens (tertiary/aromatic N) is 4. The number of hydrogen-bond donors (Lipinski definition) is 1. The largest absolute Gasteiger partial charge is 0.497 e. The van der Waals surface area contributed by atoms with E-state index in [2.05, 4.69) is 10.1 Å². The minimum Gasteiger partial charge on any atom is -0.497 e. The second-order valence-electron chi connectivity index (χ2n) is 11.0. The van der Waals surface area contributed by atoms with Crippen molar-refractivity contribution >= 4 is 16.9 Å². The fourth-order valence-corrected chi connectivity index (χ4v) is 6.44. The molecule has 6 rings (SSSR count). The fraction of sp³-hybridized carbons (Fsp3) is 0.419. The van der Waals surface area contributed by atoms with Gasteiger partial charge in [-0.2, -0.15) is 0 Å². The van der Waals surface area contributed by atoms with E-state index in [4.69, 9.17) is 14.2 Å². The number of aromatic nitrogens is 3. The maximum Gasteiger partial charge on any atom is 0.335 e. The molecule has 0 saturated carbocycles. The van der Waals surface area contributed by atoms with Crippen LogP contribution in [0.2, 0.25) is 0 Å². The molecule has 1 N–H and O–H groups in total. The van der Waals surface area contributed by atoms with Crippen LogP contribution in [0.3, 0.4) is 0 Å². The Bertz CT molecular complexity index is 1670. The third kappa shape index (κ3) is 5.12. The molecule has 0 radical (unpaired) electrons. The van der Waals surface area contributed by atoms with Gasteiger partial charge in [0.2, 0.25) is 0 Å². The van der Waals surface area contributed by atoms with Crippen molar-refractivity contribution in [1.29, 1.82) is 0 Å². The summed E-state index contributed by atoms with van der Waals surface area (Å²) < 4.78 is 26.0. The topological polar surface area (TPSA) is 111 Å². The lowest BCUT2D eigenvalue weighted by Crippen LogP contribution is -2.38. The molecule has 1 unspecified atom stereocenters. The number of carboxylic acids is 1. The number of benzene rings is 2. The van der Waals surface area contributed by atoms with Gasteiger partial charge in [0, 0.05) is 47.6 Å². The van der Waals surface area contributed by atoms with Gasteiger partial charge in [-0.15, -0.1) is 0 Å². The highest BCUT2D eigenvalue weighted by molar-refractivity contribution is 5.90. The molecule has 1 fully saturated rings. The van der Waals surface area contributed by atoms with Gasteiger partial charge in [0.05, 0.1) is 18.4 Å². The van der Waals surface area contributed by atoms with Gasteiger partial charge in [-0.25, -0.2) is 14.2 Å². The van der Waals surface area contributed by atoms with Crippen LogP contribution in [0.15, 0.2) is 45.7 Å². The molecule has 4 heterocycles. The van der Waals surface area contributed by atoms with E-state index in [0.29, 0.717) is 53.4 Å². The molecule has 0 aliphatic carbocycles. The highest BCUT2D eigenvalue weighted by atomic mass is 19.1. The van der Waals surface area contributed by atoms with E-state index in [9.17, 15) is 19.1 Å². The normalized spacial score (nSPS) is 18.0. The Morgan fingerprint density at radius 2 is 1.95 bits per heavy atom. The van der Waals surface area contributed by atoms with Crippen LogP contribution in [0.25, 0.3) is 11.0 Å². The number of carbonyl (C=O) groups is 1. The average molecular weight is 561 g/mol. The van der Waals surface area contributed by atoms with Crippen molar-refractivity contribution in [3.05, 3.63) is 86.5 Å². The zero-order valence-corrected chi connectivity index (χ0v) is 23.2. The Morgan fingerprint density at radius 1 is 1.15 bits per heavy atom. The van der Waals surface area contributed by atoms with Crippen molar-refractivity contribution in [2.45, 2.75) is 57.4 Å². The molecule has 2 aliphatic rings. The lowest BCUT2D eigenvalue weighted by molar-refractivity contribution is 0.0695. The number of aryl methyl sites for hydroxylation is 1. The first-order valence-corrected chi connectivity index (χ1v) is 14.1. The van der Waals surface area contributed by atoms with E-state index in [1.807, 2.05) is 6.92 Å². The van der Waals surface area contributed by atoms with Crippen LogP contribution >= 0.6 is 0 Å². The Hall–Kier alpha value is -4.05. The Kier molecular flexibility index (Phi) is 7.33. The number of aromatic carboxylic acids is 1. The lowest BCUT2D eigenvalue weighted by Gasteiger charge is -2.31. The molecule has 2 aromatic heterocycles. The van der Waals surface area contributed by atoms with Crippen LogP contribution in [0.4, 0.5) is 4.39 Å². The molecule has 1 atom stereocenters. The van der Waals surface area contributed by atoms with Gasteiger partial charge >= 0.3 is 5.97 Å². The van der Waals surface area contributed by atoms with Crippen molar-refractivity contribution < 1.29 is 23.6 Å². The molecule has 41 heavy (non-hydrogen) atoms. The number of hydrogen-bond acceptors (Lipinski definition) is 7. The smallest absolute Gasteiger partial charge is 0.335 e. The third-order valence-electron chi connectivity index (χ3n) is 8.66. The average Bonchev–Trinajstić information content (AvgIpc) is 3.39. The first kappa shape index (κ1) is 27.1. The molecular formula is C31H33FN4O5. The predicted molar refractivity (Wildman–Crippen MR) is 150 cm³/mol. The zero-order valence-electron chi connectivity index (χ0n) is 23.2. The number of ether oxygens (including phenoxy) is 1. The summed E-state index contributed by atoms with van der Waals surface area (Å²) in [6.45, 7) is 4.93. The number of methoxy groups -OCH3 is 1. The maximum atomic E-state index is 13.7. The van der Waals surface area contributed by atoms with E-state index < -0.39 is 5.97 Å². The summed E-state index contributed by atoms with van der Waals surface area (Å²) in [7, 11) is 1.55. The Morgan fingerprint density at radius 3 is 2.71 bits per heavy atom. The Labute approximate surface area is 236 Å². The van der Waals surface area contributed by atoms with Gasteiger partial charge in [0.15, 0.2) is 5.58 Å². The Balaban J connectivity index is 1.18. The molecule has 0 bridgehead atoms. The molecule has 0 amide bonds. The number of fused-ring (bicyclic) bond motifs is 2. The summed E-state index contributed by atoms with van der Waals surface area (Å²) in [5.41, 5.74) is 3.57. The van der Waals surface area contributed by atoms with Gasteiger partial charge in [0.25, 0.3) is 5.56 Å². The molecule has 2 aliphatic heterocycles. The van der Waals surface area contributed by atoms with Crippen molar-refractivity contribution in [3.8, 4) is 5.75 Å². The monoisotopic (exact) mass is 560 g/mol. The van der Waals surface area contributed by atoms with Crippen LogP contribution in [-0.2, 0) is 13.0 Å². The number of rotatable bonds is 7. The van der Waals surface area contributed by atoms with Crippen molar-refractivity contribution in [3.63, 3.8) is 0 Å². The molecular weight excluding hydrogens is 527 g/mol. The fourth-order valence-electron chi connectivity index (χ4n) is 6.44. The van der Waals surface area contributed by atoms with Gasteiger partial charge < -0.3 is 19.3 Å². The summed E-state index contributed by atoms with van der Waals surface area (Å²) >= 11 is 0. The number of piperidine rings is 1. The lowest BCUT2D eigenvalue weighted by atomic mass is 9.87. The summed E-state index contributed by atoms with van der Waals surface area (Å²) in [5.74, 6) is -0.192. The maximum absolute atomic E-state index is 13.7. The minimum atomic E-state index is -1.01. The van der Waals surface area contributed by atoms with Gasteiger partial charge in [-0.05, 0) is 88.0 Å². The number of carboxylic acid groups (broad SMARTS) is 1. The van der Waals surface area contributed by atoms with Crippen LogP contribution in [-0.4, -0.2) is 57.4 Å².